The number of nitrogens with zero attached hydrogens (tertiary/aromatic N) is 2. The van der Waals surface area contributed by atoms with E-state index >= 15 is 0 Å². The molecule has 2 aromatic heterocycles. The number of pyridine rings is 1. The molecular formula is C12H14N4O2. The molecule has 0 atom stereocenters. The number of carbonyl (C=O) groups is 1. The molecule has 2 rings (SSSR count). The summed E-state index contributed by atoms with van der Waals surface area (Å²) in [5.74, 6) is 0.481. The molecule has 18 heavy (non-hydrogen) atoms. The first kappa shape index (κ1) is 12.1. The number of amides is 1. The predicted octanol–water partition coefficient (Wildman–Crippen LogP) is 1.35. The molecule has 0 aliphatic heterocycles. The van der Waals surface area contributed by atoms with Gasteiger partial charge in [0, 0.05) is 13.1 Å². The van der Waals surface area contributed by atoms with Crippen molar-refractivity contribution in [1.82, 2.24) is 15.5 Å². The van der Waals surface area contributed by atoms with Crippen molar-refractivity contribution < 1.29 is 9.32 Å². The maximum Gasteiger partial charge on any atom is 0.270 e. The molecule has 2 N–H and O–H groups in total. The summed E-state index contributed by atoms with van der Waals surface area (Å²) >= 11 is 0. The van der Waals surface area contributed by atoms with Gasteiger partial charge in [0.05, 0.1) is 18.4 Å². The fourth-order valence-corrected chi connectivity index (χ4v) is 1.44. The Morgan fingerprint density at radius 3 is 2.83 bits per heavy atom. The second-order valence-electron chi connectivity index (χ2n) is 3.79. The first-order valence-electron chi connectivity index (χ1n) is 5.53. The molecule has 0 aromatic carbocycles. The van der Waals surface area contributed by atoms with E-state index in [9.17, 15) is 4.79 Å². The van der Waals surface area contributed by atoms with Gasteiger partial charge in [-0.05, 0) is 19.1 Å². The van der Waals surface area contributed by atoms with Crippen molar-refractivity contribution >= 4 is 11.6 Å². The molecule has 0 aliphatic carbocycles. The fraction of sp³-hybridized carbons (Fsp3) is 0.250. The Kier molecular flexibility index (Phi) is 3.57. The smallest absolute Gasteiger partial charge is 0.270 e. The highest BCUT2D eigenvalue weighted by Crippen LogP contribution is 2.05. The molecule has 0 aliphatic rings. The average Bonchev–Trinajstić information content (AvgIpc) is 2.82. The molecule has 0 bridgehead atoms. The van der Waals surface area contributed by atoms with E-state index in [4.69, 9.17) is 4.52 Å². The Hall–Kier alpha value is -2.37. The zero-order valence-electron chi connectivity index (χ0n) is 10.2. The SMILES string of the molecule is CNc1ccc(C(=O)NCc2cc(C)on2)nc1. The van der Waals surface area contributed by atoms with E-state index in [0.717, 1.165) is 11.4 Å². The number of aryl methyl sites for hydroxylation is 1. The van der Waals surface area contributed by atoms with Gasteiger partial charge in [-0.1, -0.05) is 5.16 Å². The van der Waals surface area contributed by atoms with Crippen LogP contribution in [-0.4, -0.2) is 23.1 Å². The zero-order chi connectivity index (χ0) is 13.0. The third-order valence-corrected chi connectivity index (χ3v) is 2.39. The molecular weight excluding hydrogens is 232 g/mol. The van der Waals surface area contributed by atoms with E-state index in [1.54, 1.807) is 38.4 Å². The number of carbonyl (C=O) groups excluding carboxylic acids is 1. The highest BCUT2D eigenvalue weighted by molar-refractivity contribution is 5.92. The van der Waals surface area contributed by atoms with Gasteiger partial charge < -0.3 is 15.2 Å². The second kappa shape index (κ2) is 5.31. The molecule has 2 heterocycles. The summed E-state index contributed by atoms with van der Waals surface area (Å²) in [7, 11) is 1.80. The zero-order valence-corrected chi connectivity index (χ0v) is 10.2. The quantitative estimate of drug-likeness (QED) is 0.851. The van der Waals surface area contributed by atoms with Gasteiger partial charge in [-0.2, -0.15) is 0 Å². The lowest BCUT2D eigenvalue weighted by atomic mass is 10.3. The van der Waals surface area contributed by atoms with Crippen LogP contribution in [0.5, 0.6) is 0 Å². The van der Waals surface area contributed by atoms with Crippen molar-refractivity contribution in [3.63, 3.8) is 0 Å². The van der Waals surface area contributed by atoms with Crippen molar-refractivity contribution in [3.05, 3.63) is 41.5 Å². The molecule has 6 nitrogen and oxygen atoms in total. The lowest BCUT2D eigenvalue weighted by molar-refractivity contribution is 0.0945. The van der Waals surface area contributed by atoms with Gasteiger partial charge in [-0.15, -0.1) is 0 Å². The topological polar surface area (TPSA) is 80.0 Å². The number of rotatable bonds is 4. The Morgan fingerprint density at radius 2 is 2.28 bits per heavy atom. The van der Waals surface area contributed by atoms with Crippen LogP contribution in [0.25, 0.3) is 0 Å². The minimum absolute atomic E-state index is 0.238. The van der Waals surface area contributed by atoms with Crippen LogP contribution in [0.15, 0.2) is 28.9 Å². The number of aromatic nitrogens is 2. The molecule has 0 unspecified atom stereocenters. The van der Waals surface area contributed by atoms with Crippen molar-refractivity contribution in [3.8, 4) is 0 Å². The second-order valence-corrected chi connectivity index (χ2v) is 3.79. The third-order valence-electron chi connectivity index (χ3n) is 2.39. The van der Waals surface area contributed by atoms with Crippen molar-refractivity contribution in [2.24, 2.45) is 0 Å². The summed E-state index contributed by atoms with van der Waals surface area (Å²) in [5, 5.41) is 9.45. The largest absolute Gasteiger partial charge is 0.387 e. The highest BCUT2D eigenvalue weighted by atomic mass is 16.5. The van der Waals surface area contributed by atoms with Crippen LogP contribution in [0.2, 0.25) is 0 Å². The van der Waals surface area contributed by atoms with E-state index < -0.39 is 0 Å². The summed E-state index contributed by atoms with van der Waals surface area (Å²) < 4.78 is 4.91. The van der Waals surface area contributed by atoms with Crippen LogP contribution < -0.4 is 10.6 Å². The number of anilines is 1. The van der Waals surface area contributed by atoms with Crippen LogP contribution in [0.4, 0.5) is 5.69 Å². The number of nitrogens with one attached hydrogen (secondary N) is 2. The monoisotopic (exact) mass is 246 g/mol. The van der Waals surface area contributed by atoms with Crippen molar-refractivity contribution in [2.75, 3.05) is 12.4 Å². The maximum atomic E-state index is 11.8. The lowest BCUT2D eigenvalue weighted by Gasteiger charge is -2.03. The third kappa shape index (κ3) is 2.85. The van der Waals surface area contributed by atoms with Gasteiger partial charge in [0.1, 0.15) is 17.1 Å². The number of hydrogen-bond acceptors (Lipinski definition) is 5. The van der Waals surface area contributed by atoms with E-state index in [1.165, 1.54) is 0 Å². The Bertz CT molecular complexity index is 533. The minimum Gasteiger partial charge on any atom is -0.387 e. The molecule has 2 aromatic rings. The standard InChI is InChI=1S/C12H14N4O2/c1-8-5-10(16-18-8)7-15-12(17)11-4-3-9(13-2)6-14-11/h3-6,13H,7H2,1-2H3,(H,15,17). The van der Waals surface area contributed by atoms with Gasteiger partial charge in [0.25, 0.3) is 5.91 Å². The predicted molar refractivity (Wildman–Crippen MR) is 66.2 cm³/mol. The average molecular weight is 246 g/mol. The Labute approximate surface area is 104 Å². The molecule has 0 saturated heterocycles. The minimum atomic E-state index is -0.238. The van der Waals surface area contributed by atoms with E-state index in [0.29, 0.717) is 17.9 Å². The Morgan fingerprint density at radius 1 is 1.44 bits per heavy atom. The molecule has 94 valence electrons. The summed E-state index contributed by atoms with van der Waals surface area (Å²) in [6.45, 7) is 2.13. The van der Waals surface area contributed by atoms with Crippen molar-refractivity contribution in [1.29, 1.82) is 0 Å². The van der Waals surface area contributed by atoms with Gasteiger partial charge >= 0.3 is 0 Å². The molecule has 0 saturated carbocycles. The first-order chi connectivity index (χ1) is 8.69. The fourth-order valence-electron chi connectivity index (χ4n) is 1.44. The van der Waals surface area contributed by atoms with Crippen LogP contribution in [0.3, 0.4) is 0 Å². The van der Waals surface area contributed by atoms with Crippen LogP contribution in [0.1, 0.15) is 21.9 Å². The van der Waals surface area contributed by atoms with Crippen LogP contribution >= 0.6 is 0 Å². The lowest BCUT2D eigenvalue weighted by Crippen LogP contribution is -2.23. The summed E-state index contributed by atoms with van der Waals surface area (Å²) in [4.78, 5) is 15.8. The van der Waals surface area contributed by atoms with E-state index in [-0.39, 0.29) is 5.91 Å². The van der Waals surface area contributed by atoms with Gasteiger partial charge in [0.2, 0.25) is 0 Å². The van der Waals surface area contributed by atoms with Gasteiger partial charge in [-0.25, -0.2) is 4.98 Å². The van der Waals surface area contributed by atoms with Gasteiger partial charge in [-0.3, -0.25) is 4.79 Å². The summed E-state index contributed by atoms with van der Waals surface area (Å²) in [6.07, 6.45) is 1.61. The molecule has 1 amide bonds. The van der Waals surface area contributed by atoms with Crippen molar-refractivity contribution in [2.45, 2.75) is 13.5 Å². The summed E-state index contributed by atoms with van der Waals surface area (Å²) in [6, 6.07) is 5.23. The van der Waals surface area contributed by atoms with Crippen LogP contribution in [0, 0.1) is 6.92 Å². The highest BCUT2D eigenvalue weighted by Gasteiger charge is 2.08. The normalized spacial score (nSPS) is 10.1. The number of hydrogen-bond donors (Lipinski definition) is 2. The van der Waals surface area contributed by atoms with E-state index in [2.05, 4.69) is 20.8 Å². The van der Waals surface area contributed by atoms with Crippen LogP contribution in [-0.2, 0) is 6.54 Å². The molecule has 0 spiro atoms. The molecule has 6 heteroatoms. The van der Waals surface area contributed by atoms with Gasteiger partial charge in [0.15, 0.2) is 0 Å². The summed E-state index contributed by atoms with van der Waals surface area (Å²) in [5.41, 5.74) is 1.92. The Balaban J connectivity index is 1.94. The first-order valence-corrected chi connectivity index (χ1v) is 5.53. The molecule has 0 radical (unpaired) electrons. The van der Waals surface area contributed by atoms with E-state index in [1.807, 2.05) is 0 Å². The molecule has 0 fully saturated rings. The maximum absolute atomic E-state index is 11.8.